The molecule has 1 aliphatic rings. The molecule has 152 valence electrons. The lowest BCUT2D eigenvalue weighted by Gasteiger charge is -2.34. The van der Waals surface area contributed by atoms with Gasteiger partial charge in [-0.1, -0.05) is 20.8 Å². The second-order valence-corrected chi connectivity index (χ2v) is 8.93. The van der Waals surface area contributed by atoms with Gasteiger partial charge in [-0.15, -0.1) is 11.3 Å². The lowest BCUT2D eigenvalue weighted by molar-refractivity contribution is -0.133. The molecule has 0 saturated carbocycles. The summed E-state index contributed by atoms with van der Waals surface area (Å²) in [7, 11) is 0. The number of nitrogens with zero attached hydrogens (tertiary/aromatic N) is 4. The predicted octanol–water partition coefficient (Wildman–Crippen LogP) is 0.953. The number of amides is 2. The molecule has 9 heteroatoms. The van der Waals surface area contributed by atoms with E-state index in [1.54, 1.807) is 16.7 Å². The molecule has 0 radical (unpaired) electrons. The number of aromatic nitrogens is 2. The van der Waals surface area contributed by atoms with E-state index in [9.17, 15) is 14.4 Å². The van der Waals surface area contributed by atoms with Gasteiger partial charge in [0.1, 0.15) is 0 Å². The summed E-state index contributed by atoms with van der Waals surface area (Å²) in [5, 5.41) is 4.67. The normalized spacial score (nSPS) is 15.8. The van der Waals surface area contributed by atoms with Crippen molar-refractivity contribution >= 4 is 28.1 Å². The van der Waals surface area contributed by atoms with Gasteiger partial charge in [0.15, 0.2) is 4.96 Å². The van der Waals surface area contributed by atoms with Crippen LogP contribution in [0.15, 0.2) is 22.4 Å². The Hall–Kier alpha value is -2.26. The first-order valence-electron chi connectivity index (χ1n) is 9.48. The highest BCUT2D eigenvalue weighted by Crippen LogP contribution is 2.13. The Kier molecular flexibility index (Phi) is 6.14. The zero-order chi connectivity index (χ0) is 20.3. The van der Waals surface area contributed by atoms with E-state index < -0.39 is 5.41 Å². The number of hydrogen-bond acceptors (Lipinski definition) is 6. The molecule has 3 rings (SSSR count). The van der Waals surface area contributed by atoms with E-state index in [-0.39, 0.29) is 17.4 Å². The first-order chi connectivity index (χ1) is 13.2. The van der Waals surface area contributed by atoms with Crippen LogP contribution in [0.3, 0.4) is 0 Å². The molecule has 28 heavy (non-hydrogen) atoms. The van der Waals surface area contributed by atoms with Crippen LogP contribution >= 0.6 is 11.3 Å². The monoisotopic (exact) mass is 405 g/mol. The molecule has 1 fully saturated rings. The van der Waals surface area contributed by atoms with E-state index in [2.05, 4.69) is 15.2 Å². The largest absolute Gasteiger partial charge is 0.355 e. The van der Waals surface area contributed by atoms with Crippen molar-refractivity contribution in [2.75, 3.05) is 32.7 Å². The molecule has 0 bridgehead atoms. The second kappa shape index (κ2) is 8.40. The molecule has 0 unspecified atom stereocenters. The van der Waals surface area contributed by atoms with Crippen LogP contribution in [0.5, 0.6) is 0 Å². The van der Waals surface area contributed by atoms with Gasteiger partial charge in [-0.25, -0.2) is 4.98 Å². The van der Waals surface area contributed by atoms with E-state index in [0.717, 1.165) is 18.8 Å². The summed E-state index contributed by atoms with van der Waals surface area (Å²) in [5.41, 5.74) is 0.251. The Labute approximate surface area is 168 Å². The molecule has 2 aromatic heterocycles. The molecule has 0 spiro atoms. The minimum atomic E-state index is -0.447. The molecule has 0 aliphatic carbocycles. The number of piperazine rings is 1. The highest BCUT2D eigenvalue weighted by atomic mass is 32.1. The minimum Gasteiger partial charge on any atom is -0.355 e. The summed E-state index contributed by atoms with van der Waals surface area (Å²) in [6.07, 6.45) is 2.04. The fourth-order valence-corrected chi connectivity index (χ4v) is 3.80. The van der Waals surface area contributed by atoms with E-state index in [1.807, 2.05) is 31.1 Å². The number of thiazole rings is 1. The molecule has 2 aromatic rings. The topological polar surface area (TPSA) is 87.0 Å². The van der Waals surface area contributed by atoms with Crippen LogP contribution in [0.2, 0.25) is 0 Å². The third-order valence-corrected chi connectivity index (χ3v) is 5.53. The van der Waals surface area contributed by atoms with Crippen LogP contribution in [0.1, 0.15) is 32.9 Å². The lowest BCUT2D eigenvalue weighted by atomic mass is 9.96. The fraction of sp³-hybridized carbons (Fsp3) is 0.579. The number of carbonyl (C=O) groups is 2. The third kappa shape index (κ3) is 4.96. The van der Waals surface area contributed by atoms with Gasteiger partial charge >= 0.3 is 0 Å². The van der Waals surface area contributed by atoms with Crippen LogP contribution in [0.4, 0.5) is 0 Å². The zero-order valence-electron chi connectivity index (χ0n) is 16.6. The van der Waals surface area contributed by atoms with Crippen molar-refractivity contribution in [2.24, 2.45) is 5.41 Å². The van der Waals surface area contributed by atoms with E-state index >= 15 is 0 Å². The lowest BCUT2D eigenvalue weighted by Crippen LogP contribution is -2.49. The summed E-state index contributed by atoms with van der Waals surface area (Å²) in [6.45, 7) is 9.29. The van der Waals surface area contributed by atoms with Gasteiger partial charge in [0.2, 0.25) is 11.8 Å². The SMILES string of the molecule is CC(C)(C)C(=O)NCCC(=O)N1CCN(Cc2cc(=O)n3ccsc3n2)CC1. The first kappa shape index (κ1) is 20.5. The summed E-state index contributed by atoms with van der Waals surface area (Å²) in [6, 6.07) is 1.58. The van der Waals surface area contributed by atoms with Gasteiger partial charge in [-0.3, -0.25) is 23.7 Å². The average Bonchev–Trinajstić information content (AvgIpc) is 3.10. The van der Waals surface area contributed by atoms with Crippen molar-refractivity contribution in [2.45, 2.75) is 33.7 Å². The van der Waals surface area contributed by atoms with Gasteiger partial charge < -0.3 is 10.2 Å². The van der Waals surface area contributed by atoms with Crippen LogP contribution in [0.25, 0.3) is 4.96 Å². The minimum absolute atomic E-state index is 0.0452. The molecule has 1 aliphatic heterocycles. The standard InChI is InChI=1S/C19H27N5O3S/c1-19(2,3)17(27)20-5-4-15(25)23-8-6-22(7-9-23)13-14-12-16(26)24-10-11-28-18(24)21-14/h10-12H,4-9,13H2,1-3H3,(H,20,27). The van der Waals surface area contributed by atoms with Crippen LogP contribution in [-0.4, -0.2) is 63.7 Å². The number of fused-ring (bicyclic) bond motifs is 1. The average molecular weight is 406 g/mol. The number of nitrogens with one attached hydrogen (secondary N) is 1. The Morgan fingerprint density at radius 3 is 2.61 bits per heavy atom. The molecule has 0 atom stereocenters. The van der Waals surface area contributed by atoms with E-state index in [0.29, 0.717) is 37.6 Å². The quantitative estimate of drug-likeness (QED) is 0.800. The summed E-state index contributed by atoms with van der Waals surface area (Å²) in [4.78, 5) is 45.6. The number of rotatable bonds is 5. The Bertz CT molecular complexity index is 906. The van der Waals surface area contributed by atoms with Crippen molar-refractivity contribution in [1.29, 1.82) is 0 Å². The fourth-order valence-electron chi connectivity index (χ4n) is 3.06. The van der Waals surface area contributed by atoms with Crippen LogP contribution in [0, 0.1) is 5.41 Å². The summed E-state index contributed by atoms with van der Waals surface area (Å²) >= 11 is 1.44. The molecular formula is C19H27N5O3S. The summed E-state index contributed by atoms with van der Waals surface area (Å²) in [5.74, 6) is 0.0152. The molecule has 8 nitrogen and oxygen atoms in total. The first-order valence-corrected chi connectivity index (χ1v) is 10.4. The van der Waals surface area contributed by atoms with Crippen molar-refractivity contribution < 1.29 is 9.59 Å². The van der Waals surface area contributed by atoms with E-state index in [1.165, 1.54) is 11.3 Å². The van der Waals surface area contributed by atoms with Gasteiger partial charge in [-0.2, -0.15) is 0 Å². The molecule has 1 saturated heterocycles. The van der Waals surface area contributed by atoms with Gasteiger partial charge in [-0.05, 0) is 0 Å². The maximum atomic E-state index is 12.4. The van der Waals surface area contributed by atoms with Crippen molar-refractivity contribution in [3.8, 4) is 0 Å². The smallest absolute Gasteiger partial charge is 0.258 e. The zero-order valence-corrected chi connectivity index (χ0v) is 17.4. The maximum absolute atomic E-state index is 12.4. The molecule has 2 amide bonds. The Balaban J connectivity index is 1.45. The van der Waals surface area contributed by atoms with E-state index in [4.69, 9.17) is 0 Å². The van der Waals surface area contributed by atoms with Gasteiger partial charge in [0, 0.05) is 68.7 Å². The van der Waals surface area contributed by atoms with Crippen molar-refractivity contribution in [3.05, 3.63) is 33.7 Å². The second-order valence-electron chi connectivity index (χ2n) is 8.05. The van der Waals surface area contributed by atoms with Crippen LogP contribution in [-0.2, 0) is 16.1 Å². The number of carbonyl (C=O) groups excluding carboxylic acids is 2. The Morgan fingerprint density at radius 2 is 1.93 bits per heavy atom. The molecule has 3 heterocycles. The van der Waals surface area contributed by atoms with Crippen molar-refractivity contribution in [1.82, 2.24) is 24.5 Å². The number of hydrogen-bond donors (Lipinski definition) is 1. The third-order valence-electron chi connectivity index (χ3n) is 4.77. The van der Waals surface area contributed by atoms with Gasteiger partial charge in [0.05, 0.1) is 5.69 Å². The molecular weight excluding hydrogens is 378 g/mol. The Morgan fingerprint density at radius 1 is 1.21 bits per heavy atom. The summed E-state index contributed by atoms with van der Waals surface area (Å²) < 4.78 is 1.54. The predicted molar refractivity (Wildman–Crippen MR) is 108 cm³/mol. The highest BCUT2D eigenvalue weighted by molar-refractivity contribution is 7.15. The van der Waals surface area contributed by atoms with Gasteiger partial charge in [0.25, 0.3) is 5.56 Å². The molecule has 0 aromatic carbocycles. The van der Waals surface area contributed by atoms with Crippen molar-refractivity contribution in [3.63, 3.8) is 0 Å². The molecule has 1 N–H and O–H groups in total. The highest BCUT2D eigenvalue weighted by Gasteiger charge is 2.23. The van der Waals surface area contributed by atoms with Crippen LogP contribution < -0.4 is 10.9 Å². The maximum Gasteiger partial charge on any atom is 0.258 e.